The standard InChI is InChI=1S/C24H29ClN4O/c1-15(10-16-6-4-5-7-16)29-22-19-11-17(8-9-21(19)26-14-20(22)25)18-12-27-23(28-13-18)24(2,3)30/h8-9,11-16,30H,4-7,10H2,1-3H3,(H,26,29). The van der Waals surface area contributed by atoms with Crippen LogP contribution in [0.25, 0.3) is 22.0 Å². The molecule has 1 aliphatic rings. The van der Waals surface area contributed by atoms with Gasteiger partial charge in [-0.1, -0.05) is 43.4 Å². The highest BCUT2D eigenvalue weighted by atomic mass is 35.5. The summed E-state index contributed by atoms with van der Waals surface area (Å²) in [5.41, 5.74) is 2.64. The van der Waals surface area contributed by atoms with E-state index in [9.17, 15) is 5.11 Å². The van der Waals surface area contributed by atoms with Gasteiger partial charge in [-0.05, 0) is 50.8 Å². The maximum absolute atomic E-state index is 10.1. The van der Waals surface area contributed by atoms with Crippen molar-refractivity contribution in [2.75, 3.05) is 5.32 Å². The van der Waals surface area contributed by atoms with E-state index in [-0.39, 0.29) is 0 Å². The molecule has 0 saturated heterocycles. The van der Waals surface area contributed by atoms with Crippen molar-refractivity contribution in [3.63, 3.8) is 0 Å². The van der Waals surface area contributed by atoms with Crippen LogP contribution in [0.15, 0.2) is 36.8 Å². The fraction of sp³-hybridized carbons (Fsp3) is 0.458. The fourth-order valence-electron chi connectivity index (χ4n) is 4.34. The zero-order valence-electron chi connectivity index (χ0n) is 17.8. The second-order valence-corrected chi connectivity index (χ2v) is 9.41. The van der Waals surface area contributed by atoms with Crippen LogP contribution < -0.4 is 5.32 Å². The Balaban J connectivity index is 1.65. The molecule has 0 aliphatic heterocycles. The fourth-order valence-corrected chi connectivity index (χ4v) is 4.54. The Morgan fingerprint density at radius 2 is 1.80 bits per heavy atom. The van der Waals surface area contributed by atoms with Gasteiger partial charge in [-0.25, -0.2) is 9.97 Å². The van der Waals surface area contributed by atoms with Crippen LogP contribution >= 0.6 is 11.6 Å². The number of nitrogens with one attached hydrogen (secondary N) is 1. The third kappa shape index (κ3) is 4.57. The van der Waals surface area contributed by atoms with Gasteiger partial charge in [0.05, 0.1) is 16.2 Å². The van der Waals surface area contributed by atoms with Crippen molar-refractivity contribution >= 4 is 28.2 Å². The molecule has 1 fully saturated rings. The number of hydrogen-bond acceptors (Lipinski definition) is 5. The average molecular weight is 425 g/mol. The highest BCUT2D eigenvalue weighted by Gasteiger charge is 2.20. The summed E-state index contributed by atoms with van der Waals surface area (Å²) in [6.45, 7) is 5.58. The monoisotopic (exact) mass is 424 g/mol. The quantitative estimate of drug-likeness (QED) is 0.511. The average Bonchev–Trinajstić information content (AvgIpc) is 3.22. The van der Waals surface area contributed by atoms with E-state index >= 15 is 0 Å². The van der Waals surface area contributed by atoms with Crippen LogP contribution in [0.1, 0.15) is 58.7 Å². The molecule has 158 valence electrons. The van der Waals surface area contributed by atoms with Crippen LogP contribution in [0.5, 0.6) is 0 Å². The zero-order chi connectivity index (χ0) is 21.3. The molecule has 1 aromatic carbocycles. The molecular weight excluding hydrogens is 396 g/mol. The lowest BCUT2D eigenvalue weighted by molar-refractivity contribution is 0.0687. The van der Waals surface area contributed by atoms with E-state index in [4.69, 9.17) is 11.6 Å². The van der Waals surface area contributed by atoms with Gasteiger partial charge >= 0.3 is 0 Å². The second-order valence-electron chi connectivity index (χ2n) is 9.00. The number of anilines is 1. The van der Waals surface area contributed by atoms with Crippen molar-refractivity contribution in [2.45, 2.75) is 64.5 Å². The van der Waals surface area contributed by atoms with E-state index in [1.807, 2.05) is 12.1 Å². The molecule has 2 heterocycles. The second kappa shape index (κ2) is 8.48. The smallest absolute Gasteiger partial charge is 0.159 e. The number of fused-ring (bicyclic) bond motifs is 1. The van der Waals surface area contributed by atoms with Gasteiger partial charge in [-0.2, -0.15) is 0 Å². The third-order valence-corrected chi connectivity index (χ3v) is 6.19. The van der Waals surface area contributed by atoms with Gasteiger partial charge < -0.3 is 10.4 Å². The predicted octanol–water partition coefficient (Wildman–Crippen LogP) is 5.95. The lowest BCUT2D eigenvalue weighted by atomic mass is 9.98. The molecule has 3 aromatic rings. The molecular formula is C24H29ClN4O. The number of benzene rings is 1. The van der Waals surface area contributed by atoms with Crippen LogP contribution in [0, 0.1) is 5.92 Å². The molecule has 0 radical (unpaired) electrons. The maximum atomic E-state index is 10.1. The first-order valence-corrected chi connectivity index (χ1v) is 11.1. The molecule has 1 atom stereocenters. The minimum absolute atomic E-state index is 0.342. The topological polar surface area (TPSA) is 70.9 Å². The number of hydrogen-bond donors (Lipinski definition) is 2. The van der Waals surface area contributed by atoms with Gasteiger partial charge in [0.15, 0.2) is 5.82 Å². The minimum atomic E-state index is -1.06. The normalized spacial score (nSPS) is 16.2. The van der Waals surface area contributed by atoms with Gasteiger partial charge in [-0.3, -0.25) is 4.98 Å². The van der Waals surface area contributed by atoms with Crippen molar-refractivity contribution in [2.24, 2.45) is 5.92 Å². The first-order chi connectivity index (χ1) is 14.3. The number of aromatic nitrogens is 3. The Morgan fingerprint density at radius 3 is 2.47 bits per heavy atom. The van der Waals surface area contributed by atoms with Gasteiger partial charge in [-0.15, -0.1) is 0 Å². The van der Waals surface area contributed by atoms with Crippen LogP contribution in [0.2, 0.25) is 5.02 Å². The molecule has 1 unspecified atom stereocenters. The minimum Gasteiger partial charge on any atom is -0.382 e. The third-order valence-electron chi connectivity index (χ3n) is 5.91. The Kier molecular flexibility index (Phi) is 5.94. The van der Waals surface area contributed by atoms with Gasteiger partial charge in [0.25, 0.3) is 0 Å². The Labute approximate surface area is 182 Å². The van der Waals surface area contributed by atoms with Crippen molar-refractivity contribution in [1.29, 1.82) is 0 Å². The van der Waals surface area contributed by atoms with E-state index in [1.54, 1.807) is 32.4 Å². The predicted molar refractivity (Wildman–Crippen MR) is 123 cm³/mol. The summed E-state index contributed by atoms with van der Waals surface area (Å²) in [6, 6.07) is 6.44. The molecule has 0 spiro atoms. The van der Waals surface area contributed by atoms with Gasteiger partial charge in [0, 0.05) is 35.6 Å². The molecule has 0 bridgehead atoms. The Hall–Kier alpha value is -2.24. The summed E-state index contributed by atoms with van der Waals surface area (Å²) in [4.78, 5) is 13.2. The molecule has 1 saturated carbocycles. The molecule has 6 heteroatoms. The van der Waals surface area contributed by atoms with Crippen LogP contribution in [0.4, 0.5) is 5.69 Å². The molecule has 4 rings (SSSR count). The Morgan fingerprint density at radius 1 is 1.10 bits per heavy atom. The molecule has 30 heavy (non-hydrogen) atoms. The summed E-state index contributed by atoms with van der Waals surface area (Å²) in [5, 5.41) is 15.4. The number of rotatable bonds is 6. The van der Waals surface area contributed by atoms with E-state index in [0.29, 0.717) is 16.9 Å². The van der Waals surface area contributed by atoms with Crippen molar-refractivity contribution in [3.8, 4) is 11.1 Å². The number of pyridine rings is 1. The lowest BCUT2D eigenvalue weighted by Gasteiger charge is -2.21. The van der Waals surface area contributed by atoms with E-state index in [0.717, 1.165) is 40.1 Å². The van der Waals surface area contributed by atoms with Crippen LogP contribution in [0.3, 0.4) is 0 Å². The van der Waals surface area contributed by atoms with E-state index in [2.05, 4.69) is 33.3 Å². The number of nitrogens with zero attached hydrogens (tertiary/aromatic N) is 3. The number of halogens is 1. The van der Waals surface area contributed by atoms with Gasteiger partial charge in [0.1, 0.15) is 5.60 Å². The van der Waals surface area contributed by atoms with E-state index < -0.39 is 5.60 Å². The molecule has 2 aromatic heterocycles. The number of aliphatic hydroxyl groups is 1. The first kappa shape index (κ1) is 21.0. The highest BCUT2D eigenvalue weighted by molar-refractivity contribution is 6.34. The van der Waals surface area contributed by atoms with Crippen molar-refractivity contribution in [3.05, 3.63) is 47.6 Å². The van der Waals surface area contributed by atoms with Crippen molar-refractivity contribution in [1.82, 2.24) is 15.0 Å². The largest absolute Gasteiger partial charge is 0.382 e. The SMILES string of the molecule is CC(CC1CCCC1)Nc1c(Cl)cnc2ccc(-c3cnc(C(C)(C)O)nc3)cc12. The van der Waals surface area contributed by atoms with Crippen molar-refractivity contribution < 1.29 is 5.11 Å². The summed E-state index contributed by atoms with van der Waals surface area (Å²) in [5.74, 6) is 1.21. The molecule has 1 aliphatic carbocycles. The summed E-state index contributed by atoms with van der Waals surface area (Å²) in [6.07, 6.45) is 11.7. The first-order valence-electron chi connectivity index (χ1n) is 10.7. The summed E-state index contributed by atoms with van der Waals surface area (Å²) < 4.78 is 0. The molecule has 0 amide bonds. The van der Waals surface area contributed by atoms with E-state index in [1.165, 1.54) is 25.7 Å². The van der Waals surface area contributed by atoms with Gasteiger partial charge in [0.2, 0.25) is 0 Å². The zero-order valence-corrected chi connectivity index (χ0v) is 18.6. The summed E-state index contributed by atoms with van der Waals surface area (Å²) in [7, 11) is 0. The highest BCUT2D eigenvalue weighted by Crippen LogP contribution is 2.35. The van der Waals surface area contributed by atoms with Crippen LogP contribution in [-0.2, 0) is 5.60 Å². The maximum Gasteiger partial charge on any atom is 0.159 e. The van der Waals surface area contributed by atoms with Crippen LogP contribution in [-0.4, -0.2) is 26.1 Å². The molecule has 5 nitrogen and oxygen atoms in total. The lowest BCUT2D eigenvalue weighted by Crippen LogP contribution is -2.19. The molecule has 2 N–H and O–H groups in total. The summed E-state index contributed by atoms with van der Waals surface area (Å²) >= 11 is 6.56. The Bertz CT molecular complexity index is 1020.